The summed E-state index contributed by atoms with van der Waals surface area (Å²) in [4.78, 5) is 29.8. The molecule has 1 aromatic carbocycles. The Morgan fingerprint density at radius 2 is 1.48 bits per heavy atom. The topological polar surface area (TPSA) is 81.2 Å². The summed E-state index contributed by atoms with van der Waals surface area (Å²) in [7, 11) is -1.64. The molecule has 0 aromatic heterocycles. The van der Waals surface area contributed by atoms with Gasteiger partial charge in [0.05, 0.1) is 4.90 Å². The van der Waals surface area contributed by atoms with Crippen LogP contribution in [-0.2, 0) is 14.8 Å². The zero-order valence-corrected chi connectivity index (χ0v) is 16.6. The fraction of sp³-hybridized carbons (Fsp3) is 0.556. The monoisotopic (exact) mass is 394 g/mol. The molecule has 2 amide bonds. The average molecular weight is 394 g/mol. The van der Waals surface area contributed by atoms with Crippen molar-refractivity contribution in [1.82, 2.24) is 19.0 Å². The highest BCUT2D eigenvalue weighted by Gasteiger charge is 2.29. The first-order valence-corrected chi connectivity index (χ1v) is 10.6. The number of piperazine rings is 2. The first kappa shape index (κ1) is 19.8. The summed E-state index contributed by atoms with van der Waals surface area (Å²) >= 11 is 0. The number of carbonyl (C=O) groups excluding carboxylic acids is 2. The van der Waals surface area contributed by atoms with Crippen molar-refractivity contribution in [3.8, 4) is 0 Å². The Morgan fingerprint density at radius 3 is 2.07 bits per heavy atom. The van der Waals surface area contributed by atoms with Crippen molar-refractivity contribution in [2.75, 3.05) is 59.4 Å². The zero-order chi connectivity index (χ0) is 19.6. The zero-order valence-electron chi connectivity index (χ0n) is 15.8. The van der Waals surface area contributed by atoms with Crippen LogP contribution >= 0.6 is 0 Å². The molecule has 0 unspecified atom stereocenters. The fourth-order valence-corrected chi connectivity index (χ4v) is 4.84. The summed E-state index contributed by atoms with van der Waals surface area (Å²) in [5.41, 5.74) is 0.362. The molecule has 8 nitrogen and oxygen atoms in total. The van der Waals surface area contributed by atoms with Gasteiger partial charge in [-0.05, 0) is 25.2 Å². The van der Waals surface area contributed by atoms with Gasteiger partial charge in [0.25, 0.3) is 5.91 Å². The lowest BCUT2D eigenvalue weighted by Gasteiger charge is -2.34. The van der Waals surface area contributed by atoms with E-state index in [1.165, 1.54) is 23.4 Å². The number of carbonyl (C=O) groups is 2. The quantitative estimate of drug-likeness (QED) is 0.717. The van der Waals surface area contributed by atoms with E-state index in [4.69, 9.17) is 0 Å². The predicted molar refractivity (Wildman–Crippen MR) is 101 cm³/mol. The van der Waals surface area contributed by atoms with E-state index >= 15 is 0 Å². The van der Waals surface area contributed by atoms with Crippen LogP contribution in [0.5, 0.6) is 0 Å². The minimum absolute atomic E-state index is 0.00219. The van der Waals surface area contributed by atoms with E-state index in [0.717, 1.165) is 0 Å². The summed E-state index contributed by atoms with van der Waals surface area (Å²) < 4.78 is 27.3. The molecule has 0 N–H and O–H groups in total. The van der Waals surface area contributed by atoms with Gasteiger partial charge in [-0.1, -0.05) is 6.07 Å². The van der Waals surface area contributed by atoms with E-state index < -0.39 is 10.0 Å². The largest absolute Gasteiger partial charge is 0.339 e. The molecule has 0 spiro atoms. The molecule has 0 atom stereocenters. The fourth-order valence-electron chi connectivity index (χ4n) is 3.37. The van der Waals surface area contributed by atoms with Crippen LogP contribution in [0.1, 0.15) is 17.3 Å². The van der Waals surface area contributed by atoms with E-state index in [1.807, 2.05) is 7.05 Å². The molecule has 2 aliphatic rings. The van der Waals surface area contributed by atoms with E-state index in [2.05, 4.69) is 4.90 Å². The molecule has 2 heterocycles. The van der Waals surface area contributed by atoms with Gasteiger partial charge in [-0.2, -0.15) is 4.31 Å². The van der Waals surface area contributed by atoms with Crippen molar-refractivity contribution in [3.63, 3.8) is 0 Å². The van der Waals surface area contributed by atoms with E-state index in [1.54, 1.807) is 21.9 Å². The van der Waals surface area contributed by atoms with Crippen molar-refractivity contribution in [2.45, 2.75) is 11.8 Å². The Hall–Kier alpha value is -1.97. The van der Waals surface area contributed by atoms with Gasteiger partial charge in [0.1, 0.15) is 0 Å². The average Bonchev–Trinajstić information content (AvgIpc) is 2.68. The molecule has 2 fully saturated rings. The van der Waals surface area contributed by atoms with Gasteiger partial charge in [-0.25, -0.2) is 8.42 Å². The van der Waals surface area contributed by atoms with Crippen LogP contribution < -0.4 is 0 Å². The van der Waals surface area contributed by atoms with Crippen LogP contribution in [0.25, 0.3) is 0 Å². The normalized spacial score (nSPS) is 19.9. The molecule has 0 bridgehead atoms. The molecule has 2 saturated heterocycles. The lowest BCUT2D eigenvalue weighted by atomic mass is 10.2. The van der Waals surface area contributed by atoms with Crippen molar-refractivity contribution < 1.29 is 18.0 Å². The summed E-state index contributed by atoms with van der Waals surface area (Å²) in [5, 5.41) is 0. The Labute approximate surface area is 160 Å². The van der Waals surface area contributed by atoms with E-state index in [-0.39, 0.29) is 16.7 Å². The SMILES string of the molecule is CC(=O)N1CCN(C(=O)c2cccc(S(=O)(=O)N3CCN(C)CC3)c2)CC1. The number of amides is 2. The summed E-state index contributed by atoms with van der Waals surface area (Å²) in [6.07, 6.45) is 0. The molecule has 0 saturated carbocycles. The summed E-state index contributed by atoms with van der Waals surface area (Å²) in [5.74, 6) is -0.198. The van der Waals surface area contributed by atoms with Crippen LogP contribution in [0.4, 0.5) is 0 Å². The predicted octanol–water partition coefficient (Wildman–Crippen LogP) is -0.0730. The van der Waals surface area contributed by atoms with E-state index in [9.17, 15) is 18.0 Å². The third-order valence-electron chi connectivity index (χ3n) is 5.19. The van der Waals surface area contributed by atoms with Gasteiger partial charge in [0.2, 0.25) is 15.9 Å². The second kappa shape index (κ2) is 7.95. The highest BCUT2D eigenvalue weighted by Crippen LogP contribution is 2.20. The molecular formula is C18H26N4O4S. The molecule has 0 radical (unpaired) electrons. The van der Waals surface area contributed by atoms with E-state index in [0.29, 0.717) is 57.9 Å². The van der Waals surface area contributed by atoms with Gasteiger partial charge < -0.3 is 14.7 Å². The summed E-state index contributed by atoms with van der Waals surface area (Å²) in [6.45, 7) is 5.71. The lowest BCUT2D eigenvalue weighted by Crippen LogP contribution is -2.50. The van der Waals surface area contributed by atoms with Crippen LogP contribution in [0.2, 0.25) is 0 Å². The van der Waals surface area contributed by atoms with Crippen LogP contribution in [0.3, 0.4) is 0 Å². The molecule has 0 aliphatic carbocycles. The van der Waals surface area contributed by atoms with Crippen LogP contribution in [-0.4, -0.2) is 98.6 Å². The van der Waals surface area contributed by atoms with Crippen LogP contribution in [0.15, 0.2) is 29.2 Å². The number of rotatable bonds is 3. The first-order valence-electron chi connectivity index (χ1n) is 9.12. The summed E-state index contributed by atoms with van der Waals surface area (Å²) in [6, 6.07) is 6.26. The Morgan fingerprint density at radius 1 is 0.889 bits per heavy atom. The smallest absolute Gasteiger partial charge is 0.254 e. The molecule has 2 aliphatic heterocycles. The number of likely N-dealkylation sites (N-methyl/N-ethyl adjacent to an activating group) is 1. The third kappa shape index (κ3) is 4.31. The van der Waals surface area contributed by atoms with Gasteiger partial charge in [-0.3, -0.25) is 9.59 Å². The van der Waals surface area contributed by atoms with Crippen LogP contribution in [0, 0.1) is 0 Å². The molecule has 3 rings (SSSR count). The highest BCUT2D eigenvalue weighted by atomic mass is 32.2. The maximum Gasteiger partial charge on any atom is 0.254 e. The first-order chi connectivity index (χ1) is 12.8. The lowest BCUT2D eigenvalue weighted by molar-refractivity contribution is -0.130. The van der Waals surface area contributed by atoms with Gasteiger partial charge >= 0.3 is 0 Å². The van der Waals surface area contributed by atoms with Crippen molar-refractivity contribution in [1.29, 1.82) is 0 Å². The molecular weight excluding hydrogens is 368 g/mol. The maximum absolute atomic E-state index is 12.9. The number of nitrogens with zero attached hydrogens (tertiary/aromatic N) is 4. The van der Waals surface area contributed by atoms with Gasteiger partial charge in [0.15, 0.2) is 0 Å². The second-order valence-electron chi connectivity index (χ2n) is 7.03. The minimum Gasteiger partial charge on any atom is -0.339 e. The number of benzene rings is 1. The maximum atomic E-state index is 12.9. The standard InChI is InChI=1S/C18H26N4O4S/c1-15(23)20-8-10-21(11-9-20)18(24)16-4-3-5-17(14-16)27(25,26)22-12-6-19(2)7-13-22/h3-5,14H,6-13H2,1-2H3. The Kier molecular flexibility index (Phi) is 5.83. The van der Waals surface area contributed by atoms with Crippen molar-refractivity contribution in [2.24, 2.45) is 0 Å². The van der Waals surface area contributed by atoms with Gasteiger partial charge in [0, 0.05) is 64.8 Å². The molecule has 9 heteroatoms. The molecule has 1 aromatic rings. The number of hydrogen-bond acceptors (Lipinski definition) is 5. The minimum atomic E-state index is -3.61. The number of sulfonamides is 1. The highest BCUT2D eigenvalue weighted by molar-refractivity contribution is 7.89. The van der Waals surface area contributed by atoms with Gasteiger partial charge in [-0.15, -0.1) is 0 Å². The molecule has 27 heavy (non-hydrogen) atoms. The Bertz CT molecular complexity index is 810. The molecule has 148 valence electrons. The number of hydrogen-bond donors (Lipinski definition) is 0. The second-order valence-corrected chi connectivity index (χ2v) is 8.97. The van der Waals surface area contributed by atoms with Crippen molar-refractivity contribution >= 4 is 21.8 Å². The third-order valence-corrected chi connectivity index (χ3v) is 7.09. The Balaban J connectivity index is 1.73. The van der Waals surface area contributed by atoms with Crippen molar-refractivity contribution in [3.05, 3.63) is 29.8 Å².